The molecular formula is C13H8Cl4FN. The monoisotopic (exact) mass is 337 g/mol. The molecule has 19 heavy (non-hydrogen) atoms. The zero-order valence-electron chi connectivity index (χ0n) is 9.48. The summed E-state index contributed by atoms with van der Waals surface area (Å²) in [6.45, 7) is 0.245. The maximum absolute atomic E-state index is 14.1. The van der Waals surface area contributed by atoms with E-state index in [-0.39, 0.29) is 37.8 Å². The van der Waals surface area contributed by atoms with Crippen LogP contribution in [0.1, 0.15) is 5.56 Å². The lowest BCUT2D eigenvalue weighted by Gasteiger charge is -2.12. The Labute approximate surface area is 130 Å². The summed E-state index contributed by atoms with van der Waals surface area (Å²) in [6.07, 6.45) is 0. The second kappa shape index (κ2) is 5.86. The summed E-state index contributed by atoms with van der Waals surface area (Å²) in [5, 5.41) is 0.757. The van der Waals surface area contributed by atoms with Gasteiger partial charge in [-0.2, -0.15) is 0 Å². The second-order valence-corrected chi connectivity index (χ2v) is 5.43. The van der Waals surface area contributed by atoms with Gasteiger partial charge in [0.05, 0.1) is 20.1 Å². The van der Waals surface area contributed by atoms with E-state index >= 15 is 0 Å². The summed E-state index contributed by atoms with van der Waals surface area (Å²) in [5.74, 6) is -0.481. The fraction of sp³-hybridized carbons (Fsp3) is 0.0769. The predicted octanol–water partition coefficient (Wildman–Crippen LogP) is 5.57. The zero-order chi connectivity index (χ0) is 14.2. The summed E-state index contributed by atoms with van der Waals surface area (Å²) >= 11 is 24.0. The average Bonchev–Trinajstić information content (AvgIpc) is 2.38. The van der Waals surface area contributed by atoms with Crippen molar-refractivity contribution >= 4 is 46.4 Å². The Morgan fingerprint density at radius 3 is 2.00 bits per heavy atom. The highest BCUT2D eigenvalue weighted by atomic mass is 35.5. The maximum atomic E-state index is 14.1. The van der Waals surface area contributed by atoms with E-state index in [0.717, 1.165) is 0 Å². The van der Waals surface area contributed by atoms with Gasteiger partial charge in [-0.1, -0.05) is 58.5 Å². The van der Waals surface area contributed by atoms with Gasteiger partial charge in [0.1, 0.15) is 5.82 Å². The Morgan fingerprint density at radius 2 is 1.53 bits per heavy atom. The Morgan fingerprint density at radius 1 is 0.947 bits per heavy atom. The van der Waals surface area contributed by atoms with Gasteiger partial charge in [-0.3, -0.25) is 0 Å². The molecule has 0 saturated carbocycles. The summed E-state index contributed by atoms with van der Waals surface area (Å²) in [6, 6.07) is 6.00. The fourth-order valence-corrected chi connectivity index (χ4v) is 2.71. The third kappa shape index (κ3) is 2.83. The van der Waals surface area contributed by atoms with Gasteiger partial charge in [-0.15, -0.1) is 0 Å². The number of rotatable bonds is 2. The Balaban J connectivity index is 2.72. The van der Waals surface area contributed by atoms with Gasteiger partial charge in [0, 0.05) is 17.7 Å². The van der Waals surface area contributed by atoms with Gasteiger partial charge in [-0.25, -0.2) is 4.39 Å². The summed E-state index contributed by atoms with van der Waals surface area (Å²) < 4.78 is 14.1. The van der Waals surface area contributed by atoms with Crippen molar-refractivity contribution in [2.24, 2.45) is 5.73 Å². The molecule has 2 aromatic carbocycles. The molecule has 0 fully saturated rings. The van der Waals surface area contributed by atoms with E-state index < -0.39 is 5.82 Å². The van der Waals surface area contributed by atoms with Crippen LogP contribution in [0.3, 0.4) is 0 Å². The molecule has 0 radical (unpaired) electrons. The molecular weight excluding hydrogens is 331 g/mol. The second-order valence-electron chi connectivity index (χ2n) is 3.86. The lowest BCUT2D eigenvalue weighted by Crippen LogP contribution is -1.98. The van der Waals surface area contributed by atoms with Crippen LogP contribution >= 0.6 is 46.4 Å². The van der Waals surface area contributed by atoms with Gasteiger partial charge < -0.3 is 5.73 Å². The van der Waals surface area contributed by atoms with Crippen molar-refractivity contribution in [1.82, 2.24) is 0 Å². The molecule has 6 heteroatoms. The smallest absolute Gasteiger partial charge is 0.131 e. The topological polar surface area (TPSA) is 26.0 Å². The quantitative estimate of drug-likeness (QED) is 0.712. The summed E-state index contributed by atoms with van der Waals surface area (Å²) in [5.41, 5.74) is 6.64. The molecule has 0 heterocycles. The molecule has 0 saturated heterocycles. The molecule has 2 rings (SSSR count). The van der Waals surface area contributed by atoms with Gasteiger partial charge in [-0.05, 0) is 17.7 Å². The van der Waals surface area contributed by atoms with Crippen molar-refractivity contribution in [3.63, 3.8) is 0 Å². The average molecular weight is 339 g/mol. The first-order chi connectivity index (χ1) is 8.95. The van der Waals surface area contributed by atoms with Gasteiger partial charge in [0.2, 0.25) is 0 Å². The van der Waals surface area contributed by atoms with E-state index in [1.165, 1.54) is 12.1 Å². The van der Waals surface area contributed by atoms with Crippen LogP contribution in [0.4, 0.5) is 4.39 Å². The molecule has 0 amide bonds. The van der Waals surface area contributed by atoms with E-state index in [1.807, 2.05) is 0 Å². The Kier molecular flexibility index (Phi) is 4.59. The lowest BCUT2D eigenvalue weighted by molar-refractivity contribution is 0.629. The molecule has 0 aliphatic rings. The van der Waals surface area contributed by atoms with E-state index in [0.29, 0.717) is 5.56 Å². The minimum atomic E-state index is -0.481. The predicted molar refractivity (Wildman–Crippen MR) is 79.8 cm³/mol. The SMILES string of the molecule is NCc1ccc(-c2c(Cl)c(Cl)cc(Cl)c2Cl)c(F)c1. The first-order valence-corrected chi connectivity index (χ1v) is 6.78. The van der Waals surface area contributed by atoms with Crippen molar-refractivity contribution < 1.29 is 4.39 Å². The minimum Gasteiger partial charge on any atom is -0.326 e. The molecule has 0 aromatic heterocycles. The van der Waals surface area contributed by atoms with Gasteiger partial charge in [0.25, 0.3) is 0 Å². The van der Waals surface area contributed by atoms with Crippen molar-refractivity contribution in [1.29, 1.82) is 0 Å². The van der Waals surface area contributed by atoms with Crippen LogP contribution in [0.5, 0.6) is 0 Å². The molecule has 0 aliphatic heterocycles. The Hall–Kier alpha value is -0.510. The Bertz CT molecular complexity index is 617. The molecule has 0 unspecified atom stereocenters. The van der Waals surface area contributed by atoms with E-state index in [4.69, 9.17) is 52.1 Å². The van der Waals surface area contributed by atoms with Crippen LogP contribution in [-0.4, -0.2) is 0 Å². The molecule has 100 valence electrons. The van der Waals surface area contributed by atoms with Crippen molar-refractivity contribution in [3.05, 3.63) is 55.7 Å². The fourth-order valence-electron chi connectivity index (χ4n) is 1.70. The van der Waals surface area contributed by atoms with E-state index in [1.54, 1.807) is 12.1 Å². The number of benzene rings is 2. The van der Waals surface area contributed by atoms with Crippen molar-refractivity contribution in [2.75, 3.05) is 0 Å². The highest BCUT2D eigenvalue weighted by molar-refractivity contribution is 6.50. The molecule has 0 aliphatic carbocycles. The van der Waals surface area contributed by atoms with Crippen LogP contribution in [0, 0.1) is 5.82 Å². The normalized spacial score (nSPS) is 10.8. The van der Waals surface area contributed by atoms with Crippen molar-refractivity contribution in [3.8, 4) is 11.1 Å². The zero-order valence-corrected chi connectivity index (χ0v) is 12.5. The standard InChI is InChI=1S/C13H8Cl4FN/c14-8-4-9(15)13(17)11(12(8)16)7-2-1-6(5-19)3-10(7)18/h1-4H,5,19H2. The van der Waals surface area contributed by atoms with Crippen LogP contribution in [0.2, 0.25) is 20.1 Å². The van der Waals surface area contributed by atoms with Crippen LogP contribution < -0.4 is 5.73 Å². The third-order valence-electron chi connectivity index (χ3n) is 2.65. The molecule has 0 spiro atoms. The summed E-state index contributed by atoms with van der Waals surface area (Å²) in [7, 11) is 0. The number of hydrogen-bond acceptors (Lipinski definition) is 1. The van der Waals surface area contributed by atoms with Gasteiger partial charge in [0.15, 0.2) is 0 Å². The molecule has 0 atom stereocenters. The maximum Gasteiger partial charge on any atom is 0.131 e. The van der Waals surface area contributed by atoms with Gasteiger partial charge >= 0.3 is 0 Å². The molecule has 0 bridgehead atoms. The first-order valence-electron chi connectivity index (χ1n) is 5.27. The first kappa shape index (κ1) is 14.9. The van der Waals surface area contributed by atoms with Crippen LogP contribution in [-0.2, 0) is 6.54 Å². The summed E-state index contributed by atoms with van der Waals surface area (Å²) in [4.78, 5) is 0. The third-order valence-corrected chi connectivity index (χ3v) is 4.23. The van der Waals surface area contributed by atoms with Crippen LogP contribution in [0.15, 0.2) is 24.3 Å². The highest BCUT2D eigenvalue weighted by Gasteiger charge is 2.18. The molecule has 2 N–H and O–H groups in total. The highest BCUT2D eigenvalue weighted by Crippen LogP contribution is 2.44. The van der Waals surface area contributed by atoms with E-state index in [9.17, 15) is 4.39 Å². The number of hydrogen-bond donors (Lipinski definition) is 1. The number of halogens is 5. The largest absolute Gasteiger partial charge is 0.326 e. The van der Waals surface area contributed by atoms with Crippen molar-refractivity contribution in [2.45, 2.75) is 6.54 Å². The number of nitrogens with two attached hydrogens (primary N) is 1. The minimum absolute atomic E-state index is 0.162. The molecule has 2 aromatic rings. The lowest BCUT2D eigenvalue weighted by atomic mass is 10.0. The van der Waals surface area contributed by atoms with Crippen LogP contribution in [0.25, 0.3) is 11.1 Å². The molecule has 1 nitrogen and oxygen atoms in total. The van der Waals surface area contributed by atoms with E-state index in [2.05, 4.69) is 0 Å².